The van der Waals surface area contributed by atoms with Crippen LogP contribution in [0.2, 0.25) is 0 Å². The minimum atomic E-state index is -3.79. The van der Waals surface area contributed by atoms with E-state index in [1.165, 1.54) is 3.97 Å². The molecule has 0 saturated heterocycles. The van der Waals surface area contributed by atoms with Gasteiger partial charge in [-0.25, -0.2) is 42.3 Å². The Hall–Kier alpha value is -5.39. The Balaban J connectivity index is 0.000000154. The molecular weight excluding hydrogens is 1080 g/mol. The van der Waals surface area contributed by atoms with Crippen molar-refractivity contribution in [1.29, 1.82) is 0 Å². The van der Waals surface area contributed by atoms with E-state index in [2.05, 4.69) is 101 Å². The van der Waals surface area contributed by atoms with Gasteiger partial charge in [0, 0.05) is 29.7 Å². The number of fused-ring (bicyclic) bond motifs is 3. The molecule has 0 saturated carbocycles. The number of nitrogens with one attached hydrogen (secondary N) is 2. The lowest BCUT2D eigenvalue weighted by Gasteiger charge is -2.10. The number of hydrogen-bond donors (Lipinski definition) is 2. The van der Waals surface area contributed by atoms with Crippen molar-refractivity contribution in [1.82, 2.24) is 43.8 Å². The van der Waals surface area contributed by atoms with Crippen molar-refractivity contribution in [2.24, 2.45) is 0 Å². The van der Waals surface area contributed by atoms with Gasteiger partial charge in [0.15, 0.2) is 39.9 Å². The molecule has 0 aliphatic carbocycles. The maximum Gasteiger partial charge on any atom is 0.269 e. The van der Waals surface area contributed by atoms with Crippen LogP contribution in [0.5, 0.6) is 23.0 Å². The van der Waals surface area contributed by atoms with Gasteiger partial charge in [-0.3, -0.25) is 0 Å². The van der Waals surface area contributed by atoms with E-state index in [1.807, 2.05) is 55.7 Å². The highest BCUT2D eigenvalue weighted by Gasteiger charge is 2.23. The van der Waals surface area contributed by atoms with Gasteiger partial charge < -0.3 is 28.9 Å². The monoisotopic (exact) mass is 1110 g/mol. The molecule has 0 spiro atoms. The molecule has 6 heterocycles. The van der Waals surface area contributed by atoms with Gasteiger partial charge in [0.1, 0.15) is 21.2 Å². The molecule has 0 bridgehead atoms. The van der Waals surface area contributed by atoms with Crippen LogP contribution in [0.15, 0.2) is 113 Å². The van der Waals surface area contributed by atoms with Gasteiger partial charge in [0.05, 0.1) is 70.5 Å². The van der Waals surface area contributed by atoms with E-state index >= 15 is 0 Å². The molecule has 0 radical (unpaired) electrons. The van der Waals surface area contributed by atoms with Crippen molar-refractivity contribution in [2.45, 2.75) is 11.8 Å². The summed E-state index contributed by atoms with van der Waals surface area (Å²) in [4.78, 5) is 32.6. The summed E-state index contributed by atoms with van der Waals surface area (Å²) in [5, 5.41) is 0. The van der Waals surface area contributed by atoms with Gasteiger partial charge in [-0.15, -0.1) is 0 Å². The van der Waals surface area contributed by atoms with Crippen molar-refractivity contribution in [3.63, 3.8) is 0 Å². The molecule has 0 unspecified atom stereocenters. The van der Waals surface area contributed by atoms with Gasteiger partial charge in [-0.2, -0.15) is 0 Å². The average Bonchev–Trinajstić information content (AvgIpc) is 4.00. The minimum absolute atomic E-state index is 0.201. The SMILES string of the molecule is Brc1cnc2[nH]ccc2n1.COc1ccc(-c2cnc3[nH]cc(I)c3n2)cc1OC.COc1ccc(-c2cnc3c(n2)c(I)cn3S(=O)(=O)c2ccc(C)cc2)cc1OC. The van der Waals surface area contributed by atoms with Crippen molar-refractivity contribution in [3.05, 3.63) is 121 Å². The quantitative estimate of drug-likeness (QED) is 0.138. The van der Waals surface area contributed by atoms with E-state index in [0.29, 0.717) is 37.8 Å². The largest absolute Gasteiger partial charge is 0.493 e. The molecule has 0 aliphatic heterocycles. The number of rotatable bonds is 8. The van der Waals surface area contributed by atoms with Crippen LogP contribution in [0.1, 0.15) is 5.56 Å². The third-order valence-electron chi connectivity index (χ3n) is 8.92. The van der Waals surface area contributed by atoms with Crippen molar-refractivity contribution in [2.75, 3.05) is 28.4 Å². The highest BCUT2D eigenvalue weighted by Crippen LogP contribution is 2.34. The van der Waals surface area contributed by atoms with Crippen LogP contribution in [0.4, 0.5) is 0 Å². The van der Waals surface area contributed by atoms with Crippen LogP contribution >= 0.6 is 61.1 Å². The molecule has 3 aromatic carbocycles. The number of methoxy groups -OCH3 is 4. The summed E-state index contributed by atoms with van der Waals surface area (Å²) in [5.74, 6) is 2.56. The number of H-pyrrole nitrogens is 2. The van der Waals surface area contributed by atoms with Crippen LogP contribution < -0.4 is 18.9 Å². The maximum atomic E-state index is 13.1. The second-order valence-electron chi connectivity index (χ2n) is 12.7. The smallest absolute Gasteiger partial charge is 0.269 e. The number of aryl methyl sites for hydroxylation is 1. The summed E-state index contributed by atoms with van der Waals surface area (Å²) in [6.07, 6.45) is 10.2. The summed E-state index contributed by atoms with van der Waals surface area (Å²) < 4.78 is 51.1. The average molecular weight is 1110 g/mol. The fourth-order valence-corrected chi connectivity index (χ4v) is 8.84. The standard InChI is InChI=1S/C21H18IN3O4S.C14H12IN3O2.C6H4BrN3/c1-13-4-7-15(8-5-13)30(26,27)25-12-16(22)20-21(25)23-11-17(24-20)14-6-9-18(28-2)19(10-14)29-3;1-19-11-4-3-8(5-12(11)20-2)10-7-17-14-13(18-10)9(15)6-16-14;7-5-3-9-6-4(10-5)1-2-8-6/h4-12H,1-3H3;3-7H,1-2H3,(H,16,17);1-3H,(H,8,9). The Morgan fingerprint density at radius 1 is 0.650 bits per heavy atom. The number of ether oxygens (including phenoxy) is 4. The molecular formula is C41H34BrI2N9O6S. The van der Waals surface area contributed by atoms with Crippen LogP contribution in [0.3, 0.4) is 0 Å². The number of aromatic amines is 2. The third kappa shape index (κ3) is 9.02. The molecule has 60 heavy (non-hydrogen) atoms. The lowest BCUT2D eigenvalue weighted by molar-refractivity contribution is 0.355. The maximum absolute atomic E-state index is 13.1. The van der Waals surface area contributed by atoms with Gasteiger partial charge in [-0.1, -0.05) is 17.7 Å². The second-order valence-corrected chi connectivity index (χ2v) is 17.6. The first-order valence-electron chi connectivity index (χ1n) is 17.7. The third-order valence-corrected chi connectivity index (χ3v) is 12.6. The normalized spacial score (nSPS) is 11.1. The molecule has 0 aliphatic rings. The molecule has 15 nitrogen and oxygen atoms in total. The summed E-state index contributed by atoms with van der Waals surface area (Å²) in [5.41, 5.74) is 8.28. The summed E-state index contributed by atoms with van der Waals surface area (Å²) >= 11 is 7.54. The van der Waals surface area contributed by atoms with Gasteiger partial charge >= 0.3 is 0 Å². The zero-order valence-corrected chi connectivity index (χ0v) is 39.2. The zero-order valence-electron chi connectivity index (χ0n) is 32.4. The zero-order chi connectivity index (χ0) is 42.6. The Labute approximate surface area is 379 Å². The fourth-order valence-electron chi connectivity index (χ4n) is 5.87. The van der Waals surface area contributed by atoms with E-state index < -0.39 is 10.0 Å². The minimum Gasteiger partial charge on any atom is -0.493 e. The molecule has 306 valence electrons. The number of halogens is 3. The molecule has 0 atom stereocenters. The van der Waals surface area contributed by atoms with E-state index in [0.717, 1.165) is 52.9 Å². The Bertz CT molecular complexity index is 3090. The summed E-state index contributed by atoms with van der Waals surface area (Å²) in [7, 11) is 2.58. The van der Waals surface area contributed by atoms with E-state index in [9.17, 15) is 8.42 Å². The Kier molecular flexibility index (Phi) is 13.2. The molecule has 19 heteroatoms. The Morgan fingerprint density at radius 2 is 1.23 bits per heavy atom. The topological polar surface area (TPSA) is 185 Å². The van der Waals surface area contributed by atoms with Crippen LogP contribution in [-0.2, 0) is 10.0 Å². The predicted octanol–water partition coefficient (Wildman–Crippen LogP) is 9.23. The molecule has 0 amide bonds. The number of aromatic nitrogens is 9. The second kappa shape index (κ2) is 18.5. The highest BCUT2D eigenvalue weighted by molar-refractivity contribution is 14.1. The molecule has 0 fully saturated rings. The summed E-state index contributed by atoms with van der Waals surface area (Å²) in [6, 6.07) is 19.8. The van der Waals surface area contributed by atoms with Crippen LogP contribution in [0.25, 0.3) is 56.0 Å². The Morgan fingerprint density at radius 3 is 1.85 bits per heavy atom. The fraction of sp³-hybridized carbons (Fsp3) is 0.122. The van der Waals surface area contributed by atoms with E-state index in [1.54, 1.807) is 83.6 Å². The molecule has 6 aromatic heterocycles. The first kappa shape index (κ1) is 42.7. The lowest BCUT2D eigenvalue weighted by atomic mass is 10.1. The van der Waals surface area contributed by atoms with E-state index in [4.69, 9.17) is 18.9 Å². The van der Waals surface area contributed by atoms with E-state index in [-0.39, 0.29) is 10.5 Å². The van der Waals surface area contributed by atoms with Crippen molar-refractivity contribution in [3.8, 4) is 45.5 Å². The molecule has 2 N–H and O–H groups in total. The molecule has 9 aromatic rings. The summed E-state index contributed by atoms with van der Waals surface area (Å²) in [6.45, 7) is 1.91. The van der Waals surface area contributed by atoms with Crippen molar-refractivity contribution >= 4 is 105 Å². The molecule has 9 rings (SSSR count). The highest BCUT2D eigenvalue weighted by atomic mass is 127. The predicted molar refractivity (Wildman–Crippen MR) is 249 cm³/mol. The van der Waals surface area contributed by atoms with Gasteiger partial charge in [0.2, 0.25) is 0 Å². The van der Waals surface area contributed by atoms with Gasteiger partial charge in [-0.05, 0) is 123 Å². The van der Waals surface area contributed by atoms with Crippen LogP contribution in [0, 0.1) is 14.1 Å². The number of hydrogen-bond acceptors (Lipinski definition) is 12. The lowest BCUT2D eigenvalue weighted by Crippen LogP contribution is -2.12. The number of nitrogens with zero attached hydrogens (tertiary/aromatic N) is 7. The number of benzene rings is 3. The first-order valence-corrected chi connectivity index (χ1v) is 22.1. The van der Waals surface area contributed by atoms with Gasteiger partial charge in [0.25, 0.3) is 10.0 Å². The first-order chi connectivity index (χ1) is 28.9. The van der Waals surface area contributed by atoms with Crippen molar-refractivity contribution < 1.29 is 27.4 Å². The van der Waals surface area contributed by atoms with Crippen LogP contribution in [-0.4, -0.2) is 80.7 Å².